The number of fused-ring (bicyclic) bond motifs is 1. The average molecular weight is 465 g/mol. The van der Waals surface area contributed by atoms with Gasteiger partial charge < -0.3 is 9.67 Å². The molecular formula is C25H22F3N5O. The molecular weight excluding hydrogens is 443 g/mol. The minimum Gasteiger partial charge on any atom is -0.391 e. The molecule has 1 N–H and O–H groups in total. The quantitative estimate of drug-likeness (QED) is 0.449. The van der Waals surface area contributed by atoms with Gasteiger partial charge in [-0.3, -0.25) is 0 Å². The Morgan fingerprint density at radius 3 is 2.50 bits per heavy atom. The summed E-state index contributed by atoms with van der Waals surface area (Å²) in [5.74, 6) is -3.80. The molecule has 0 fully saturated rings. The lowest BCUT2D eigenvalue weighted by molar-refractivity contribution is 0.117. The molecule has 5 rings (SSSR count). The van der Waals surface area contributed by atoms with E-state index in [1.165, 1.54) is 4.68 Å². The molecule has 9 heteroatoms. The molecule has 2 aromatic heterocycles. The number of aromatic nitrogens is 5. The first-order chi connectivity index (χ1) is 16.3. The minimum absolute atomic E-state index is 0.209. The Morgan fingerprint density at radius 1 is 1.06 bits per heavy atom. The molecule has 0 bridgehead atoms. The third kappa shape index (κ3) is 4.14. The Bertz CT molecular complexity index is 1380. The fourth-order valence-corrected chi connectivity index (χ4v) is 4.34. The van der Waals surface area contributed by atoms with Crippen LogP contribution in [0.3, 0.4) is 0 Å². The van der Waals surface area contributed by atoms with Gasteiger partial charge >= 0.3 is 0 Å². The summed E-state index contributed by atoms with van der Waals surface area (Å²) in [5.41, 5.74) is 4.20. The minimum atomic E-state index is -1.52. The predicted octanol–water partition coefficient (Wildman–Crippen LogP) is 4.56. The molecule has 0 amide bonds. The van der Waals surface area contributed by atoms with Crippen molar-refractivity contribution >= 4 is 12.2 Å². The number of benzene rings is 2. The van der Waals surface area contributed by atoms with E-state index in [1.54, 1.807) is 12.4 Å². The van der Waals surface area contributed by atoms with Crippen molar-refractivity contribution in [2.45, 2.75) is 38.8 Å². The van der Waals surface area contributed by atoms with Gasteiger partial charge in [-0.2, -0.15) is 5.10 Å². The first-order valence-corrected chi connectivity index (χ1v) is 10.9. The Balaban J connectivity index is 1.43. The van der Waals surface area contributed by atoms with Gasteiger partial charge in [0.05, 0.1) is 24.7 Å². The summed E-state index contributed by atoms with van der Waals surface area (Å²) in [6, 6.07) is 7.91. The van der Waals surface area contributed by atoms with Gasteiger partial charge in [0.1, 0.15) is 5.82 Å². The summed E-state index contributed by atoms with van der Waals surface area (Å²) in [5, 5.41) is 14.7. The van der Waals surface area contributed by atoms with Crippen molar-refractivity contribution < 1.29 is 18.3 Å². The first kappa shape index (κ1) is 22.1. The molecule has 1 aliphatic rings. The van der Waals surface area contributed by atoms with E-state index in [4.69, 9.17) is 0 Å². The van der Waals surface area contributed by atoms with Crippen LogP contribution in [0.15, 0.2) is 42.9 Å². The van der Waals surface area contributed by atoms with E-state index in [1.807, 2.05) is 48.9 Å². The molecule has 1 unspecified atom stereocenters. The van der Waals surface area contributed by atoms with Gasteiger partial charge in [-0.1, -0.05) is 12.1 Å². The van der Waals surface area contributed by atoms with Crippen molar-refractivity contribution in [3.63, 3.8) is 0 Å². The standard InChI is InChI=1S/C25H22F3N5O/c1-14-7-16(3-5-22(14)32-11-15(2)29-13-32)4-6-23-30-25-19(10-18(34)12-33(25)31-23)17-8-20(26)24(28)21(27)9-17/h3-9,11,13,18-19,34H,10,12H2,1-2H3/b6-4+/t18-,19?/m1/s1. The van der Waals surface area contributed by atoms with Crippen LogP contribution in [0.5, 0.6) is 0 Å². The van der Waals surface area contributed by atoms with Crippen molar-refractivity contribution in [3.8, 4) is 5.69 Å². The van der Waals surface area contributed by atoms with Crippen LogP contribution in [0.1, 0.15) is 46.4 Å². The summed E-state index contributed by atoms with van der Waals surface area (Å²) in [4.78, 5) is 8.80. The van der Waals surface area contributed by atoms with Crippen LogP contribution >= 0.6 is 0 Å². The monoisotopic (exact) mass is 465 g/mol. The second-order valence-corrected chi connectivity index (χ2v) is 8.55. The lowest BCUT2D eigenvalue weighted by atomic mass is 9.89. The highest BCUT2D eigenvalue weighted by Crippen LogP contribution is 2.34. The molecule has 0 saturated heterocycles. The Labute approximate surface area is 194 Å². The van der Waals surface area contributed by atoms with E-state index in [0.717, 1.165) is 34.6 Å². The second-order valence-electron chi connectivity index (χ2n) is 8.55. The molecule has 6 nitrogen and oxygen atoms in total. The number of hydrogen-bond acceptors (Lipinski definition) is 4. The van der Waals surface area contributed by atoms with Crippen LogP contribution in [0.4, 0.5) is 13.2 Å². The van der Waals surface area contributed by atoms with Gasteiger partial charge in [0.25, 0.3) is 0 Å². The number of hydrogen-bond donors (Lipinski definition) is 1. The van der Waals surface area contributed by atoms with Crippen molar-refractivity contribution in [1.29, 1.82) is 0 Å². The molecule has 2 aromatic carbocycles. The molecule has 4 aromatic rings. The highest BCUT2D eigenvalue weighted by Gasteiger charge is 2.31. The van der Waals surface area contributed by atoms with E-state index in [0.29, 0.717) is 11.6 Å². The fraction of sp³-hybridized carbons (Fsp3) is 0.240. The van der Waals surface area contributed by atoms with Crippen LogP contribution < -0.4 is 0 Å². The smallest absolute Gasteiger partial charge is 0.194 e. The highest BCUT2D eigenvalue weighted by atomic mass is 19.2. The number of aryl methyl sites for hydroxylation is 2. The van der Waals surface area contributed by atoms with Crippen LogP contribution in [0, 0.1) is 31.3 Å². The third-order valence-corrected chi connectivity index (χ3v) is 5.96. The van der Waals surface area contributed by atoms with Gasteiger partial charge in [0.2, 0.25) is 0 Å². The van der Waals surface area contributed by atoms with Gasteiger partial charge in [-0.05, 0) is 67.3 Å². The normalized spacial score (nSPS) is 17.9. The zero-order valence-electron chi connectivity index (χ0n) is 18.6. The Morgan fingerprint density at radius 2 is 1.82 bits per heavy atom. The number of imidazole rings is 1. The molecule has 34 heavy (non-hydrogen) atoms. The fourth-order valence-electron chi connectivity index (χ4n) is 4.34. The summed E-state index contributed by atoms with van der Waals surface area (Å²) in [7, 11) is 0. The molecule has 3 heterocycles. The van der Waals surface area contributed by atoms with Gasteiger partial charge in [0, 0.05) is 17.8 Å². The van der Waals surface area contributed by atoms with Gasteiger partial charge in [-0.25, -0.2) is 27.8 Å². The number of halogens is 3. The maximum absolute atomic E-state index is 13.8. The number of rotatable bonds is 4. The topological polar surface area (TPSA) is 68.8 Å². The van der Waals surface area contributed by atoms with Crippen LogP contribution in [0.25, 0.3) is 17.8 Å². The first-order valence-electron chi connectivity index (χ1n) is 10.9. The molecule has 0 spiro atoms. The largest absolute Gasteiger partial charge is 0.391 e. The zero-order valence-corrected chi connectivity index (χ0v) is 18.6. The molecule has 0 saturated carbocycles. The molecule has 174 valence electrons. The van der Waals surface area contributed by atoms with E-state index in [2.05, 4.69) is 15.1 Å². The van der Waals surface area contributed by atoms with E-state index < -0.39 is 29.5 Å². The average Bonchev–Trinajstić information content (AvgIpc) is 3.41. The molecule has 1 aliphatic heterocycles. The summed E-state index contributed by atoms with van der Waals surface area (Å²) in [6.45, 7) is 4.17. The van der Waals surface area contributed by atoms with E-state index in [9.17, 15) is 18.3 Å². The maximum Gasteiger partial charge on any atom is 0.194 e. The van der Waals surface area contributed by atoms with Crippen LogP contribution in [0.2, 0.25) is 0 Å². The molecule has 0 radical (unpaired) electrons. The van der Waals surface area contributed by atoms with E-state index >= 15 is 0 Å². The summed E-state index contributed by atoms with van der Waals surface area (Å²) in [6.07, 6.45) is 6.79. The molecule has 2 atom stereocenters. The molecule has 0 aliphatic carbocycles. The predicted molar refractivity (Wildman–Crippen MR) is 121 cm³/mol. The Hall–Kier alpha value is -3.72. The third-order valence-electron chi connectivity index (χ3n) is 5.96. The van der Waals surface area contributed by atoms with E-state index in [-0.39, 0.29) is 18.5 Å². The van der Waals surface area contributed by atoms with Crippen molar-refractivity contribution in [2.75, 3.05) is 0 Å². The lowest BCUT2D eigenvalue weighted by Crippen LogP contribution is -2.29. The van der Waals surface area contributed by atoms with Crippen molar-refractivity contribution in [1.82, 2.24) is 24.3 Å². The second kappa shape index (κ2) is 8.57. The zero-order chi connectivity index (χ0) is 24.0. The number of nitrogens with zero attached hydrogens (tertiary/aromatic N) is 5. The lowest BCUT2D eigenvalue weighted by Gasteiger charge is -2.26. The van der Waals surface area contributed by atoms with Crippen LogP contribution in [-0.4, -0.2) is 35.5 Å². The van der Waals surface area contributed by atoms with Crippen LogP contribution in [-0.2, 0) is 6.54 Å². The number of aliphatic hydroxyl groups excluding tert-OH is 1. The summed E-state index contributed by atoms with van der Waals surface area (Å²) >= 11 is 0. The maximum atomic E-state index is 13.8. The highest BCUT2D eigenvalue weighted by molar-refractivity contribution is 5.68. The number of aliphatic hydroxyl groups is 1. The van der Waals surface area contributed by atoms with Crippen molar-refractivity contribution in [3.05, 3.63) is 94.3 Å². The SMILES string of the molecule is Cc1cn(-c2ccc(/C=C/c3nc4n(n3)C[C@H](O)CC4c3cc(F)c(F)c(F)c3)cc2C)cn1. The van der Waals surface area contributed by atoms with Gasteiger partial charge in [-0.15, -0.1) is 0 Å². The Kier molecular flexibility index (Phi) is 5.57. The van der Waals surface area contributed by atoms with Crippen molar-refractivity contribution in [2.24, 2.45) is 0 Å². The summed E-state index contributed by atoms with van der Waals surface area (Å²) < 4.78 is 44.6. The van der Waals surface area contributed by atoms with Gasteiger partial charge in [0.15, 0.2) is 23.3 Å².